The maximum absolute atomic E-state index is 9.17. The minimum atomic E-state index is -1.51. The Kier molecular flexibility index (Phi) is 7.30. The highest BCUT2D eigenvalue weighted by Gasteiger charge is 1.80. The summed E-state index contributed by atoms with van der Waals surface area (Å²) in [6, 6.07) is 0. The predicted molar refractivity (Wildman–Crippen MR) is 26.5 cm³/mol. The Balaban J connectivity index is 0. The molecule has 0 saturated carbocycles. The van der Waals surface area contributed by atoms with E-state index in [1.54, 1.807) is 0 Å². The van der Waals surface area contributed by atoms with Crippen molar-refractivity contribution < 1.29 is 14.7 Å². The van der Waals surface area contributed by atoms with Crippen LogP contribution < -0.4 is 0 Å². The highest BCUT2D eigenvalue weighted by molar-refractivity contribution is 8.93. The minimum absolute atomic E-state index is 0. The maximum Gasteiger partial charge on any atom is 0.442 e. The topological polar surface area (TPSA) is 66.7 Å². The number of halogens is 1. The van der Waals surface area contributed by atoms with Crippen LogP contribution in [-0.4, -0.2) is 17.3 Å². The largest absolute Gasteiger partial charge is 0.463 e. The molecule has 1 N–H and O–H groups in total. The van der Waals surface area contributed by atoms with Gasteiger partial charge in [-0.2, -0.15) is 0 Å². The molecule has 0 aliphatic carbocycles. The SMILES string of the molecule is Br.O=C=NC(=O)O. The lowest BCUT2D eigenvalue weighted by atomic mass is 11.2. The summed E-state index contributed by atoms with van der Waals surface area (Å²) < 4.78 is 0. The third-order valence-electron chi connectivity index (χ3n) is 0.141. The maximum atomic E-state index is 9.17. The fraction of sp³-hybridized carbons (Fsp3) is 0. The van der Waals surface area contributed by atoms with Crippen LogP contribution in [0.25, 0.3) is 0 Å². The summed E-state index contributed by atoms with van der Waals surface area (Å²) in [7, 11) is 0. The standard InChI is InChI=1S/C2HNO3.BrH/c4-1-3-2(5)6;/h(H,5,6);1H. The molecule has 40 valence electrons. The highest BCUT2D eigenvalue weighted by Crippen LogP contribution is 1.60. The van der Waals surface area contributed by atoms with E-state index < -0.39 is 6.09 Å². The molecule has 0 heterocycles. The van der Waals surface area contributed by atoms with Gasteiger partial charge in [-0.05, 0) is 0 Å². The van der Waals surface area contributed by atoms with Crippen LogP contribution in [0.1, 0.15) is 0 Å². The predicted octanol–water partition coefficient (Wildman–Crippen LogP) is 0.578. The molecule has 0 aromatic carbocycles. The van der Waals surface area contributed by atoms with Crippen molar-refractivity contribution in [1.82, 2.24) is 0 Å². The monoisotopic (exact) mass is 167 g/mol. The molecule has 0 aromatic heterocycles. The second-order valence-corrected chi connectivity index (χ2v) is 0.486. The quantitative estimate of drug-likeness (QED) is 0.424. The molecule has 0 bridgehead atoms. The van der Waals surface area contributed by atoms with E-state index in [2.05, 4.69) is 4.99 Å². The fourth-order valence-corrected chi connectivity index (χ4v) is 0.0390. The Morgan fingerprint density at radius 1 is 1.71 bits per heavy atom. The van der Waals surface area contributed by atoms with Crippen LogP contribution in [0.2, 0.25) is 0 Å². The average molecular weight is 168 g/mol. The first-order valence-corrected chi connectivity index (χ1v) is 1.08. The van der Waals surface area contributed by atoms with Gasteiger partial charge >= 0.3 is 6.09 Å². The lowest BCUT2D eigenvalue weighted by Crippen LogP contribution is -1.80. The molecule has 1 amide bonds. The van der Waals surface area contributed by atoms with E-state index in [1.165, 1.54) is 0 Å². The summed E-state index contributed by atoms with van der Waals surface area (Å²) in [5, 5.41) is 7.48. The molecule has 0 atom stereocenters. The van der Waals surface area contributed by atoms with Crippen LogP contribution in [0, 0.1) is 0 Å². The lowest BCUT2D eigenvalue weighted by molar-refractivity contribution is 0.205. The first-order valence-electron chi connectivity index (χ1n) is 1.08. The molecule has 0 aliphatic heterocycles. The van der Waals surface area contributed by atoms with Gasteiger partial charge in [0.1, 0.15) is 0 Å². The number of isocyanates is 1. The van der Waals surface area contributed by atoms with Crippen molar-refractivity contribution in [2.24, 2.45) is 4.99 Å². The van der Waals surface area contributed by atoms with Gasteiger partial charge in [0, 0.05) is 0 Å². The van der Waals surface area contributed by atoms with Crippen molar-refractivity contribution in [1.29, 1.82) is 0 Å². The van der Waals surface area contributed by atoms with Crippen molar-refractivity contribution >= 4 is 29.2 Å². The second kappa shape index (κ2) is 5.33. The number of aliphatic imine (C=N–C) groups is 1. The zero-order valence-electron chi connectivity index (χ0n) is 3.12. The first kappa shape index (κ1) is 9.59. The number of rotatable bonds is 0. The number of amides is 1. The van der Waals surface area contributed by atoms with E-state index in [1.807, 2.05) is 0 Å². The molecule has 7 heavy (non-hydrogen) atoms. The van der Waals surface area contributed by atoms with Crippen molar-refractivity contribution in [3.63, 3.8) is 0 Å². The fourth-order valence-electron chi connectivity index (χ4n) is 0.0390. The van der Waals surface area contributed by atoms with Gasteiger partial charge in [-0.1, -0.05) is 4.99 Å². The van der Waals surface area contributed by atoms with Gasteiger partial charge in [0.05, 0.1) is 0 Å². The number of hydrogen-bond donors (Lipinski definition) is 1. The number of nitrogens with zero attached hydrogens (tertiary/aromatic N) is 1. The van der Waals surface area contributed by atoms with Crippen LogP contribution in [0.15, 0.2) is 4.99 Å². The van der Waals surface area contributed by atoms with Crippen molar-refractivity contribution in [3.05, 3.63) is 0 Å². The van der Waals surface area contributed by atoms with Gasteiger partial charge in [0.25, 0.3) is 0 Å². The van der Waals surface area contributed by atoms with Gasteiger partial charge in [-0.15, -0.1) is 17.0 Å². The Bertz CT molecular complexity index is 106. The van der Waals surface area contributed by atoms with Crippen LogP contribution in [-0.2, 0) is 4.79 Å². The van der Waals surface area contributed by atoms with Crippen LogP contribution >= 0.6 is 17.0 Å². The molecule has 0 rings (SSSR count). The molecule has 5 heteroatoms. The average Bonchev–Trinajstić information content (AvgIpc) is 1.35. The van der Waals surface area contributed by atoms with E-state index >= 15 is 0 Å². The summed E-state index contributed by atoms with van der Waals surface area (Å²) in [6.45, 7) is 0. The van der Waals surface area contributed by atoms with Crippen LogP contribution in [0.4, 0.5) is 4.79 Å². The van der Waals surface area contributed by atoms with E-state index in [0.29, 0.717) is 0 Å². The van der Waals surface area contributed by atoms with Gasteiger partial charge in [-0.25, -0.2) is 9.59 Å². The molecule has 0 fully saturated rings. The normalized spacial score (nSPS) is 5.14. The zero-order valence-corrected chi connectivity index (χ0v) is 4.83. The summed E-state index contributed by atoms with van der Waals surface area (Å²) in [5.74, 6) is 0. The van der Waals surface area contributed by atoms with Gasteiger partial charge in [-0.3, -0.25) is 0 Å². The van der Waals surface area contributed by atoms with E-state index in [-0.39, 0.29) is 17.0 Å². The van der Waals surface area contributed by atoms with E-state index in [9.17, 15) is 4.79 Å². The number of carbonyl (C=O) groups is 1. The van der Waals surface area contributed by atoms with Crippen molar-refractivity contribution in [2.45, 2.75) is 0 Å². The van der Waals surface area contributed by atoms with Crippen LogP contribution in [0.3, 0.4) is 0 Å². The van der Waals surface area contributed by atoms with Gasteiger partial charge < -0.3 is 5.11 Å². The lowest BCUT2D eigenvalue weighted by Gasteiger charge is -1.62. The van der Waals surface area contributed by atoms with Crippen molar-refractivity contribution in [2.75, 3.05) is 0 Å². The molecule has 0 aliphatic rings. The van der Waals surface area contributed by atoms with Crippen LogP contribution in [0.5, 0.6) is 0 Å². The Labute approximate surface area is 49.6 Å². The Hall–Kier alpha value is -0.670. The molecular formula is C2H2BrNO3. The summed E-state index contributed by atoms with van der Waals surface area (Å²) in [4.78, 5) is 20.3. The molecule has 0 saturated heterocycles. The second-order valence-electron chi connectivity index (χ2n) is 0.486. The number of carbonyl (C=O) groups excluding carboxylic acids is 1. The van der Waals surface area contributed by atoms with E-state index in [4.69, 9.17) is 9.90 Å². The summed E-state index contributed by atoms with van der Waals surface area (Å²) in [6.07, 6.45) is -0.667. The smallest absolute Gasteiger partial charge is 0.442 e. The van der Waals surface area contributed by atoms with E-state index in [0.717, 1.165) is 6.08 Å². The van der Waals surface area contributed by atoms with Gasteiger partial charge in [0.15, 0.2) is 0 Å². The molecule has 0 radical (unpaired) electrons. The third kappa shape index (κ3) is 10.9. The highest BCUT2D eigenvalue weighted by atomic mass is 79.9. The zero-order chi connectivity index (χ0) is 4.99. The molecular weight excluding hydrogens is 166 g/mol. The molecule has 0 unspecified atom stereocenters. The first-order chi connectivity index (χ1) is 2.77. The van der Waals surface area contributed by atoms with Crippen molar-refractivity contribution in [3.8, 4) is 0 Å². The van der Waals surface area contributed by atoms with Gasteiger partial charge in [0.2, 0.25) is 6.08 Å². The third-order valence-corrected chi connectivity index (χ3v) is 0.141. The molecule has 0 spiro atoms. The number of carboxylic acid groups (broad SMARTS) is 1. The summed E-state index contributed by atoms with van der Waals surface area (Å²) in [5.41, 5.74) is 0. The minimum Gasteiger partial charge on any atom is -0.463 e. The molecule has 4 nitrogen and oxygen atoms in total. The summed E-state index contributed by atoms with van der Waals surface area (Å²) >= 11 is 0. The molecule has 0 aromatic rings. The Morgan fingerprint density at radius 2 is 2.14 bits per heavy atom. The Morgan fingerprint density at radius 3 is 2.14 bits per heavy atom. The number of hydrogen-bond acceptors (Lipinski definition) is 2.